The molecule has 1 aromatic carbocycles. The number of pyridine rings is 1. The number of rotatable bonds is 2. The van der Waals surface area contributed by atoms with Crippen LogP contribution in [-0.4, -0.2) is 16.0 Å². The number of hydrogen-bond acceptors (Lipinski definition) is 4. The fourth-order valence-corrected chi connectivity index (χ4v) is 4.86. The third kappa shape index (κ3) is 2.88. The molecule has 0 bridgehead atoms. The number of hydrogen-bond donors (Lipinski definition) is 3. The van der Waals surface area contributed by atoms with Crippen LogP contribution in [0.1, 0.15) is 33.6 Å². The number of aryl methyl sites for hydroxylation is 2. The van der Waals surface area contributed by atoms with Crippen molar-refractivity contribution in [2.75, 3.05) is 5.32 Å². The molecule has 0 atom stereocenters. The summed E-state index contributed by atoms with van der Waals surface area (Å²) in [5, 5.41) is 14.5. The summed E-state index contributed by atoms with van der Waals surface area (Å²) in [6.07, 6.45) is 3.89. The summed E-state index contributed by atoms with van der Waals surface area (Å²) < 4.78 is 0. The number of carbonyl (C=O) groups excluding carboxylic acids is 1. The van der Waals surface area contributed by atoms with Gasteiger partial charge in [0.1, 0.15) is 16.1 Å². The van der Waals surface area contributed by atoms with Gasteiger partial charge in [0.2, 0.25) is 0 Å². The molecule has 3 N–H and O–H groups in total. The predicted octanol–water partition coefficient (Wildman–Crippen LogP) is 4.73. The minimum atomic E-state index is -0.695. The molecule has 4 rings (SSSR count). The molecule has 2 heterocycles. The molecule has 0 fully saturated rings. The minimum Gasteiger partial charge on any atom is -0.506 e. The van der Waals surface area contributed by atoms with E-state index in [0.29, 0.717) is 20.9 Å². The Hall–Kier alpha value is -2.02. The summed E-state index contributed by atoms with van der Waals surface area (Å²) in [7, 11) is 0. The summed E-state index contributed by atoms with van der Waals surface area (Å²) in [5.41, 5.74) is 0.505. The summed E-state index contributed by atoms with van der Waals surface area (Å²) in [6.45, 7) is 0. The summed E-state index contributed by atoms with van der Waals surface area (Å²) >= 11 is 13.3. The lowest BCUT2D eigenvalue weighted by Crippen LogP contribution is -2.23. The second-order valence-corrected chi connectivity index (χ2v) is 8.10. The summed E-state index contributed by atoms with van der Waals surface area (Å²) in [6, 6.07) is 4.60. The molecule has 2 aromatic heterocycles. The van der Waals surface area contributed by atoms with Gasteiger partial charge >= 0.3 is 0 Å². The van der Waals surface area contributed by atoms with Crippen molar-refractivity contribution < 1.29 is 9.90 Å². The van der Waals surface area contributed by atoms with Crippen LogP contribution in [0.3, 0.4) is 0 Å². The first kappa shape index (κ1) is 17.4. The number of nitrogens with one attached hydrogen (secondary N) is 2. The molecule has 1 amide bonds. The van der Waals surface area contributed by atoms with E-state index in [4.69, 9.17) is 23.2 Å². The van der Waals surface area contributed by atoms with Gasteiger partial charge in [-0.05, 0) is 49.4 Å². The first-order valence-corrected chi connectivity index (χ1v) is 9.69. The van der Waals surface area contributed by atoms with Gasteiger partial charge in [0, 0.05) is 10.6 Å². The van der Waals surface area contributed by atoms with Crippen LogP contribution < -0.4 is 10.9 Å². The number of amides is 1. The number of H-pyrrole nitrogens is 1. The molecule has 3 aromatic rings. The van der Waals surface area contributed by atoms with E-state index in [-0.39, 0.29) is 16.3 Å². The maximum absolute atomic E-state index is 12.6. The Morgan fingerprint density at radius 1 is 1.19 bits per heavy atom. The Morgan fingerprint density at radius 2 is 1.96 bits per heavy atom. The van der Waals surface area contributed by atoms with Crippen LogP contribution >= 0.6 is 34.5 Å². The van der Waals surface area contributed by atoms with E-state index < -0.39 is 11.5 Å². The van der Waals surface area contributed by atoms with Gasteiger partial charge in [-0.1, -0.05) is 23.2 Å². The van der Waals surface area contributed by atoms with Crippen LogP contribution in [0.4, 0.5) is 5.69 Å². The van der Waals surface area contributed by atoms with Crippen molar-refractivity contribution >= 4 is 56.3 Å². The van der Waals surface area contributed by atoms with Crippen molar-refractivity contribution in [2.24, 2.45) is 0 Å². The maximum Gasteiger partial charge on any atom is 0.265 e. The number of benzene rings is 1. The smallest absolute Gasteiger partial charge is 0.265 e. The zero-order valence-electron chi connectivity index (χ0n) is 13.5. The normalized spacial score (nSPS) is 13.6. The molecule has 5 nitrogen and oxygen atoms in total. The zero-order valence-corrected chi connectivity index (χ0v) is 15.8. The monoisotopic (exact) mass is 408 g/mol. The molecule has 134 valence electrons. The van der Waals surface area contributed by atoms with Crippen LogP contribution in [0.5, 0.6) is 5.75 Å². The quantitative estimate of drug-likeness (QED) is 0.572. The number of aromatic amines is 1. The predicted molar refractivity (Wildman–Crippen MR) is 105 cm³/mol. The fraction of sp³-hybridized carbons (Fsp3) is 0.222. The highest BCUT2D eigenvalue weighted by atomic mass is 35.5. The van der Waals surface area contributed by atoms with E-state index in [1.54, 1.807) is 12.1 Å². The van der Waals surface area contributed by atoms with E-state index in [2.05, 4.69) is 10.3 Å². The van der Waals surface area contributed by atoms with Gasteiger partial charge in [0.25, 0.3) is 11.5 Å². The lowest BCUT2D eigenvalue weighted by atomic mass is 9.96. The van der Waals surface area contributed by atoms with Crippen LogP contribution in [0.2, 0.25) is 10.0 Å². The SMILES string of the molecule is O=C(Nc1ccc(Cl)c(Cl)c1)c1c(O)c2c3c(sc2[nH]c1=O)CCCC3. The van der Waals surface area contributed by atoms with Gasteiger partial charge in [0.05, 0.1) is 15.4 Å². The van der Waals surface area contributed by atoms with Crippen molar-refractivity contribution in [3.8, 4) is 5.75 Å². The molecule has 0 saturated carbocycles. The molecule has 0 saturated heterocycles. The first-order valence-electron chi connectivity index (χ1n) is 8.11. The average Bonchev–Trinajstić information content (AvgIpc) is 2.96. The van der Waals surface area contributed by atoms with Gasteiger partial charge in [-0.3, -0.25) is 9.59 Å². The number of aromatic nitrogens is 1. The molecule has 8 heteroatoms. The number of aromatic hydroxyl groups is 1. The topological polar surface area (TPSA) is 82.2 Å². The fourth-order valence-electron chi connectivity index (χ4n) is 3.28. The summed E-state index contributed by atoms with van der Waals surface area (Å²) in [4.78, 5) is 29.5. The number of fused-ring (bicyclic) bond motifs is 3. The van der Waals surface area contributed by atoms with Gasteiger partial charge in [-0.2, -0.15) is 0 Å². The first-order chi connectivity index (χ1) is 12.5. The molecule has 0 aliphatic heterocycles. The number of carbonyl (C=O) groups is 1. The van der Waals surface area contributed by atoms with Crippen molar-refractivity contribution in [3.05, 3.63) is 54.6 Å². The second-order valence-electron chi connectivity index (χ2n) is 6.18. The molecule has 0 unspecified atom stereocenters. The Labute approximate surface area is 162 Å². The average molecular weight is 409 g/mol. The van der Waals surface area contributed by atoms with E-state index in [1.165, 1.54) is 22.3 Å². The molecular weight excluding hydrogens is 395 g/mol. The van der Waals surface area contributed by atoms with E-state index in [0.717, 1.165) is 31.2 Å². The lowest BCUT2D eigenvalue weighted by Gasteiger charge is -2.12. The van der Waals surface area contributed by atoms with Crippen molar-refractivity contribution in [1.82, 2.24) is 4.98 Å². The third-order valence-corrected chi connectivity index (χ3v) is 6.45. The lowest BCUT2D eigenvalue weighted by molar-refractivity contribution is 0.102. The van der Waals surface area contributed by atoms with Crippen LogP contribution in [0.15, 0.2) is 23.0 Å². The maximum atomic E-state index is 12.6. The zero-order chi connectivity index (χ0) is 18.4. The minimum absolute atomic E-state index is 0.263. The highest BCUT2D eigenvalue weighted by Gasteiger charge is 2.25. The second kappa shape index (κ2) is 6.61. The van der Waals surface area contributed by atoms with Gasteiger partial charge < -0.3 is 15.4 Å². The van der Waals surface area contributed by atoms with Gasteiger partial charge in [0.15, 0.2) is 0 Å². The van der Waals surface area contributed by atoms with Gasteiger partial charge in [-0.25, -0.2) is 0 Å². The Morgan fingerprint density at radius 3 is 2.73 bits per heavy atom. The third-order valence-electron chi connectivity index (χ3n) is 4.50. The summed E-state index contributed by atoms with van der Waals surface area (Å²) in [5.74, 6) is -0.958. The molecule has 26 heavy (non-hydrogen) atoms. The van der Waals surface area contributed by atoms with Crippen LogP contribution in [-0.2, 0) is 12.8 Å². The van der Waals surface area contributed by atoms with Crippen molar-refractivity contribution in [3.63, 3.8) is 0 Å². The highest BCUT2D eigenvalue weighted by molar-refractivity contribution is 7.18. The molecule has 0 spiro atoms. The van der Waals surface area contributed by atoms with Gasteiger partial charge in [-0.15, -0.1) is 11.3 Å². The number of anilines is 1. The number of thiophene rings is 1. The molecule has 1 aliphatic carbocycles. The van der Waals surface area contributed by atoms with Crippen molar-refractivity contribution in [2.45, 2.75) is 25.7 Å². The van der Waals surface area contributed by atoms with Crippen LogP contribution in [0.25, 0.3) is 10.2 Å². The van der Waals surface area contributed by atoms with Crippen LogP contribution in [0, 0.1) is 0 Å². The standard InChI is InChI=1S/C18H14Cl2N2O3S/c19-10-6-5-8(7-11(10)20)21-16(24)14-15(23)13-9-3-1-2-4-12(9)26-18(13)22-17(14)25/h5-7H,1-4H2,(H,21,24)(H2,22,23,25). The molecule has 1 aliphatic rings. The molecule has 0 radical (unpaired) electrons. The van der Waals surface area contributed by atoms with E-state index >= 15 is 0 Å². The highest BCUT2D eigenvalue weighted by Crippen LogP contribution is 2.40. The van der Waals surface area contributed by atoms with E-state index in [9.17, 15) is 14.7 Å². The Kier molecular flexibility index (Phi) is 4.42. The number of halogens is 2. The molecular formula is C18H14Cl2N2O3S. The Balaban J connectivity index is 1.79. The Bertz CT molecular complexity index is 1100. The van der Waals surface area contributed by atoms with Crippen molar-refractivity contribution in [1.29, 1.82) is 0 Å². The van der Waals surface area contributed by atoms with E-state index in [1.807, 2.05) is 0 Å². The largest absolute Gasteiger partial charge is 0.506 e.